The van der Waals surface area contributed by atoms with Crippen LogP contribution < -0.4 is 57.1 Å². The van der Waals surface area contributed by atoms with Crippen LogP contribution in [-0.2, 0) is 40.8 Å². The Morgan fingerprint density at radius 2 is 0.777 bits per heavy atom. The van der Waals surface area contributed by atoms with Gasteiger partial charge >= 0.3 is 0 Å². The van der Waals surface area contributed by atoms with Crippen molar-refractivity contribution in [3.8, 4) is 68.5 Å². The lowest BCUT2D eigenvalue weighted by Gasteiger charge is -2.38. The molecule has 16 aromatic rings. The zero-order valence-corrected chi connectivity index (χ0v) is 72.7. The van der Waals surface area contributed by atoms with Crippen LogP contribution in [0.25, 0.3) is 68.7 Å². The van der Waals surface area contributed by atoms with Gasteiger partial charge in [-0.15, -0.1) is 0 Å². The number of aryl methyl sites for hydroxylation is 2. The summed E-state index contributed by atoms with van der Waals surface area (Å²) in [6.07, 6.45) is 6.85. The summed E-state index contributed by atoms with van der Waals surface area (Å²) in [5.74, 6) is 5.44. The van der Waals surface area contributed by atoms with Crippen LogP contribution in [0.3, 0.4) is 0 Å². The van der Waals surface area contributed by atoms with Gasteiger partial charge in [-0.2, -0.15) is 38.0 Å². The molecule has 8 aromatic carbocycles. The fraction of sp³-hybridized carbons (Fsp3) is 0.242. The molecule has 0 radical (unpaired) electrons. The largest absolute Gasteiger partial charge is 0.486 e. The molecular weight excluding hydrogens is 1700 g/mol. The number of nitrogens with one attached hydrogen (secondary N) is 7. The number of aromatic nitrogens is 16. The predicted octanol–water partition coefficient (Wildman–Crippen LogP) is 14.1. The van der Waals surface area contributed by atoms with E-state index in [-0.39, 0.29) is 117 Å². The van der Waals surface area contributed by atoms with E-state index in [0.717, 1.165) is 71.9 Å². The van der Waals surface area contributed by atoms with Crippen LogP contribution in [0.2, 0.25) is 10.0 Å². The monoisotopic (exact) mass is 1790 g/mol. The molecule has 0 spiro atoms. The zero-order valence-electron chi connectivity index (χ0n) is 71.2. The average Bonchev–Trinajstić information content (AvgIpc) is 1.67. The molecule has 660 valence electrons. The lowest BCUT2D eigenvalue weighted by atomic mass is 10.00. The van der Waals surface area contributed by atoms with Crippen LogP contribution in [0.15, 0.2) is 238 Å². The molecule has 1 aliphatic heterocycles. The number of para-hydroxylation sites is 2. The molecule has 20 rings (SSSR count). The summed E-state index contributed by atoms with van der Waals surface area (Å²) in [7, 11) is 1.77. The minimum absolute atomic E-state index is 0.000553. The van der Waals surface area contributed by atoms with E-state index in [1.165, 1.54) is 42.3 Å². The van der Waals surface area contributed by atoms with Gasteiger partial charge in [0.1, 0.15) is 55.0 Å². The third-order valence-electron chi connectivity index (χ3n) is 22.1. The summed E-state index contributed by atoms with van der Waals surface area (Å²) in [6, 6.07) is 64.8. The van der Waals surface area contributed by atoms with Gasteiger partial charge in [-0.05, 0) is 119 Å². The minimum atomic E-state index is -0.439. The van der Waals surface area contributed by atoms with Crippen LogP contribution in [0.1, 0.15) is 113 Å². The molecule has 3 saturated carbocycles. The Balaban J connectivity index is 0.000000121. The number of hydrogen-bond acceptors (Lipinski definition) is 21. The van der Waals surface area contributed by atoms with E-state index in [1.807, 2.05) is 173 Å². The lowest BCUT2D eigenvalue weighted by molar-refractivity contribution is -0.120. The number of anilines is 2. The Kier molecular flexibility index (Phi) is 25.2. The number of rotatable bonds is 26. The summed E-state index contributed by atoms with van der Waals surface area (Å²) in [5.41, 5.74) is 6.82. The first-order chi connectivity index (χ1) is 62.9. The number of aromatic amines is 4. The highest BCUT2D eigenvalue weighted by atomic mass is 35.5. The number of hydrogen-bond donors (Lipinski definition) is 7. The normalized spacial score (nSPS) is 13.9. The fourth-order valence-corrected chi connectivity index (χ4v) is 14.8. The topological polar surface area (TPSA) is 406 Å². The number of amides is 4. The average molecular weight is 1790 g/mol. The molecule has 33 nitrogen and oxygen atoms in total. The van der Waals surface area contributed by atoms with E-state index in [0.29, 0.717) is 123 Å². The van der Waals surface area contributed by atoms with Gasteiger partial charge in [-0.3, -0.25) is 58.8 Å². The molecule has 9 heterocycles. The van der Waals surface area contributed by atoms with E-state index < -0.39 is 5.54 Å². The molecule has 3 aliphatic carbocycles. The summed E-state index contributed by atoms with van der Waals surface area (Å²) in [6.45, 7) is 9.36. The van der Waals surface area contributed by atoms with Crippen molar-refractivity contribution in [3.63, 3.8) is 0 Å². The number of H-pyrrole nitrogens is 4. The van der Waals surface area contributed by atoms with Gasteiger partial charge < -0.3 is 44.5 Å². The summed E-state index contributed by atoms with van der Waals surface area (Å²) in [5, 5.41) is 21.4. The van der Waals surface area contributed by atoms with Crippen LogP contribution >= 0.6 is 23.2 Å². The molecule has 7 N–H and O–H groups in total. The number of nitrogens with zero attached hydrogens (tertiary/aromatic N) is 13. The molecule has 35 heteroatoms. The highest BCUT2D eigenvalue weighted by Crippen LogP contribution is 2.47. The number of benzene rings is 8. The first kappa shape index (κ1) is 86.9. The van der Waals surface area contributed by atoms with Crippen LogP contribution in [0.4, 0.5) is 11.4 Å². The third-order valence-corrected chi connectivity index (χ3v) is 22.8. The number of carbonyl (C=O) groups excluding carboxylic acids is 4. The van der Waals surface area contributed by atoms with Gasteiger partial charge in [0.05, 0.1) is 68.5 Å². The van der Waals surface area contributed by atoms with Gasteiger partial charge in [0.25, 0.3) is 57.2 Å². The Hall–Kier alpha value is -15.2. The second-order valence-corrected chi connectivity index (χ2v) is 33.6. The molecule has 4 amide bonds. The third kappa shape index (κ3) is 20.4. The van der Waals surface area contributed by atoms with Gasteiger partial charge in [-0.1, -0.05) is 188 Å². The molecular formula is C95H88Cl2N20O13. The lowest BCUT2D eigenvalue weighted by Crippen LogP contribution is -2.59. The summed E-state index contributed by atoms with van der Waals surface area (Å²) in [4.78, 5) is 138. The quantitative estimate of drug-likeness (QED) is 0.0265. The standard InChI is InChI=1S/C24H22ClN5O3.2C24H23N5O3.C23H20ClN5O4/c1-29(13-15-10-11-15)23(32)21-18(25)8-5-9-19(21)33-14-17-12-20(31)30-24(26-17)27-22(28-30)16-6-3-2-4-7-16;1-15-7-6-10-18(20(15)26-22(31)24(2)11-12-24)32-14-17-13-19(30)29-23(25-17)27-21(28-29)16-8-4-3-5-9-16;1-15-6-5-9-19(22(15)26-20(30)12-16-10-11-16)32-14-18-13-21(31)29-24(25-18)27-23(28-29)17-7-3-2-4-8-17;1-23(12-32-13-23)27-21(31)19-16(24)8-5-9-17(19)33-11-15-10-18(30)29-22(25-15)26-20(28-29)14-6-3-2-4-7-14/h2-9,12,15H,10-11,13-14H2,1H3,(H,26,27,28);3-10,13H,11-12,14H2,1-2H3,(H,26,31)(H,25,27,28);2-9,13,16H,10-12,14H2,1H3,(H,26,30)(H,25,27,28);2-10H,11-13H2,1H3,(H,27,31)(H,25,26,28). The number of ether oxygens (including phenoxy) is 5. The zero-order chi connectivity index (χ0) is 90.3. The highest BCUT2D eigenvalue weighted by Gasteiger charge is 2.45. The van der Waals surface area contributed by atoms with Gasteiger partial charge in [0.2, 0.25) is 11.8 Å². The molecule has 130 heavy (non-hydrogen) atoms. The Morgan fingerprint density at radius 1 is 0.438 bits per heavy atom. The van der Waals surface area contributed by atoms with Crippen molar-refractivity contribution in [2.45, 2.75) is 105 Å². The Bertz CT molecular complexity index is 7180. The van der Waals surface area contributed by atoms with E-state index in [2.05, 4.69) is 76.2 Å². The van der Waals surface area contributed by atoms with Crippen LogP contribution in [-0.4, -0.2) is 139 Å². The van der Waals surface area contributed by atoms with Crippen molar-refractivity contribution in [1.29, 1.82) is 0 Å². The maximum absolute atomic E-state index is 13.0. The molecule has 4 fully saturated rings. The van der Waals surface area contributed by atoms with E-state index in [9.17, 15) is 38.4 Å². The van der Waals surface area contributed by atoms with Crippen LogP contribution in [0.5, 0.6) is 23.0 Å². The SMILES string of the molecule is CC1(NC(=O)c2c(Cl)cccc2OCc2cc(=O)n3[nH]c(-c4ccccc4)nc3n2)COC1.CN(CC1CC1)C(=O)c1c(Cl)cccc1OCc1cc(=O)n2[nH]c(-c3ccccc3)nc2n1.Cc1cccc(OCc2cc(=O)n3[nH]c(-c4ccccc4)nc3n2)c1NC(=O)C1(C)CC1.Cc1cccc(OCc2cc(=O)n3[nH]c(-c4ccccc4)nc3n2)c1NC(=O)CC1CC1. The van der Waals surface area contributed by atoms with E-state index in [4.69, 9.17) is 46.9 Å². The van der Waals surface area contributed by atoms with Crippen molar-refractivity contribution >= 4 is 81.3 Å². The maximum atomic E-state index is 13.0. The van der Waals surface area contributed by atoms with E-state index in [1.54, 1.807) is 60.5 Å². The predicted molar refractivity (Wildman–Crippen MR) is 487 cm³/mol. The van der Waals surface area contributed by atoms with Gasteiger partial charge in [-0.25, -0.2) is 19.9 Å². The maximum Gasteiger partial charge on any atom is 0.274 e. The Morgan fingerprint density at radius 3 is 1.13 bits per heavy atom. The second kappa shape index (κ2) is 37.8. The molecule has 0 atom stereocenters. The number of halogens is 2. The Labute approximate surface area is 751 Å². The molecule has 0 unspecified atom stereocenters. The summed E-state index contributed by atoms with van der Waals surface area (Å²) >= 11 is 12.7. The van der Waals surface area contributed by atoms with Crippen molar-refractivity contribution in [2.24, 2.45) is 17.3 Å². The van der Waals surface area contributed by atoms with Crippen molar-refractivity contribution in [1.82, 2.24) is 88.5 Å². The smallest absolute Gasteiger partial charge is 0.274 e. The first-order valence-corrected chi connectivity index (χ1v) is 42.9. The van der Waals surface area contributed by atoms with E-state index >= 15 is 0 Å². The molecule has 1 saturated heterocycles. The van der Waals surface area contributed by atoms with Crippen molar-refractivity contribution in [2.75, 3.05) is 37.4 Å². The second-order valence-electron chi connectivity index (χ2n) is 32.8. The van der Waals surface area contributed by atoms with Crippen molar-refractivity contribution in [3.05, 3.63) is 315 Å². The molecule has 4 aliphatic rings. The van der Waals surface area contributed by atoms with Crippen molar-refractivity contribution < 1.29 is 42.9 Å². The molecule has 8 aromatic heterocycles. The fourth-order valence-electron chi connectivity index (χ4n) is 14.3. The highest BCUT2D eigenvalue weighted by molar-refractivity contribution is 6.34. The summed E-state index contributed by atoms with van der Waals surface area (Å²) < 4.78 is 34.1. The minimum Gasteiger partial charge on any atom is -0.486 e. The number of fused-ring (bicyclic) bond motifs is 4. The first-order valence-electron chi connectivity index (χ1n) is 42.1. The van der Waals surface area contributed by atoms with Gasteiger partial charge in [0.15, 0.2) is 23.3 Å². The van der Waals surface area contributed by atoms with Crippen LogP contribution in [0, 0.1) is 31.1 Å². The number of carbonyl (C=O) groups is 4. The van der Waals surface area contributed by atoms with Gasteiger partial charge in [0, 0.05) is 71.9 Å². The molecule has 0 bridgehead atoms.